The second kappa shape index (κ2) is 10.4. The minimum atomic E-state index is -1.41. The lowest BCUT2D eigenvalue weighted by Crippen LogP contribution is -2.23. The van der Waals surface area contributed by atoms with Crippen molar-refractivity contribution in [2.45, 2.75) is 0 Å². The first-order chi connectivity index (χ1) is 15.4. The number of hydrogen-bond acceptors (Lipinski definition) is 4. The smallest absolute Gasteiger partial charge is 0.258 e. The van der Waals surface area contributed by atoms with E-state index in [1.165, 1.54) is 18.5 Å². The quantitative estimate of drug-likeness (QED) is 0.370. The highest BCUT2D eigenvalue weighted by Crippen LogP contribution is 2.33. The van der Waals surface area contributed by atoms with E-state index in [0.29, 0.717) is 0 Å². The van der Waals surface area contributed by atoms with E-state index < -0.39 is 45.9 Å². The molecule has 1 heterocycles. The molecule has 5 nitrogen and oxygen atoms in total. The summed E-state index contributed by atoms with van der Waals surface area (Å²) in [7, 11) is 0. The second-order valence-electron chi connectivity index (χ2n) is 6.77. The van der Waals surface area contributed by atoms with Crippen LogP contribution in [0.1, 0.15) is 10.4 Å². The Bertz CT molecular complexity index is 1110. The summed E-state index contributed by atoms with van der Waals surface area (Å²) in [4.78, 5) is 16.6. The topological polar surface area (TPSA) is 77.2 Å². The molecule has 32 heavy (non-hydrogen) atoms. The van der Waals surface area contributed by atoms with E-state index in [1.807, 2.05) is 0 Å². The van der Waals surface area contributed by atoms with E-state index in [9.17, 15) is 18.0 Å². The molecule has 0 saturated heterocycles. The highest BCUT2D eigenvalue weighted by atomic mass is 35.5. The molecule has 0 saturated carbocycles. The molecule has 10 heteroatoms. The van der Waals surface area contributed by atoms with Crippen LogP contribution in [0.5, 0.6) is 5.75 Å². The highest BCUT2D eigenvalue weighted by Gasteiger charge is 2.25. The number of carbonyl (C=O) groups is 1. The van der Waals surface area contributed by atoms with Gasteiger partial charge in [-0.05, 0) is 30.8 Å². The van der Waals surface area contributed by atoms with Gasteiger partial charge >= 0.3 is 0 Å². The minimum Gasteiger partial charge on any atom is -0.491 e. The molecule has 3 rings (SSSR count). The third kappa shape index (κ3) is 5.00. The molecule has 0 aliphatic heterocycles. The molecule has 1 amide bonds. The van der Waals surface area contributed by atoms with E-state index in [-0.39, 0.29) is 36.4 Å². The van der Waals surface area contributed by atoms with Crippen LogP contribution in [0.3, 0.4) is 0 Å². The van der Waals surface area contributed by atoms with Crippen molar-refractivity contribution in [2.24, 2.45) is 11.7 Å². The van der Waals surface area contributed by atoms with Crippen LogP contribution in [-0.2, 0) is 0 Å². The lowest BCUT2D eigenvalue weighted by molar-refractivity contribution is 0.102. The predicted molar refractivity (Wildman–Crippen MR) is 113 cm³/mol. The first kappa shape index (κ1) is 23.5. The van der Waals surface area contributed by atoms with Gasteiger partial charge in [0.25, 0.3) is 5.91 Å². The number of aromatic nitrogens is 1. The maximum absolute atomic E-state index is 15.1. The molecule has 0 fully saturated rings. The molecule has 0 spiro atoms. The van der Waals surface area contributed by atoms with Crippen LogP contribution in [0.25, 0.3) is 11.1 Å². The fraction of sp³-hybridized carbons (Fsp3) is 0.182. The number of hydrogen-bond donors (Lipinski definition) is 2. The van der Waals surface area contributed by atoms with Crippen LogP contribution in [0.4, 0.5) is 23.2 Å². The average molecular weight is 468 g/mol. The highest BCUT2D eigenvalue weighted by molar-refractivity contribution is 6.18. The van der Waals surface area contributed by atoms with Crippen molar-refractivity contribution in [2.75, 3.05) is 24.3 Å². The van der Waals surface area contributed by atoms with Crippen molar-refractivity contribution in [3.63, 3.8) is 0 Å². The SMILES string of the molecule is NCC(CCl)COc1ccncc1NC(=O)c1ccc(F)c(-c2c(F)cccc2F)c1F. The average Bonchev–Trinajstić information content (AvgIpc) is 2.77. The van der Waals surface area contributed by atoms with Gasteiger partial charge in [-0.25, -0.2) is 17.6 Å². The Morgan fingerprint density at radius 3 is 2.41 bits per heavy atom. The zero-order valence-corrected chi connectivity index (χ0v) is 17.3. The Labute approximate surface area is 186 Å². The molecule has 168 valence electrons. The first-order valence-corrected chi connectivity index (χ1v) is 9.97. The van der Waals surface area contributed by atoms with Gasteiger partial charge in [-0.3, -0.25) is 9.78 Å². The molecular weight excluding hydrogens is 450 g/mol. The standard InChI is InChI=1S/C22H18ClF4N3O2/c23-8-12(9-28)11-32-18-6-7-29-10-17(18)30-22(31)13-4-5-16(26)20(21(13)27)19-14(24)2-1-3-15(19)25/h1-7,10,12H,8-9,11,28H2,(H,30,31). The van der Waals surface area contributed by atoms with Crippen molar-refractivity contribution >= 4 is 23.2 Å². The number of carbonyl (C=O) groups excluding carboxylic acids is 1. The van der Waals surface area contributed by atoms with Gasteiger partial charge in [0.2, 0.25) is 0 Å². The van der Waals surface area contributed by atoms with Crippen LogP contribution in [-0.4, -0.2) is 29.9 Å². The van der Waals surface area contributed by atoms with Crippen molar-refractivity contribution in [1.29, 1.82) is 0 Å². The lowest BCUT2D eigenvalue weighted by Gasteiger charge is -2.16. The maximum atomic E-state index is 15.1. The number of nitrogens with two attached hydrogens (primary N) is 1. The number of nitrogens with zero attached hydrogens (tertiary/aromatic N) is 1. The summed E-state index contributed by atoms with van der Waals surface area (Å²) in [5.41, 5.74) is 3.17. The summed E-state index contributed by atoms with van der Waals surface area (Å²) in [5, 5.41) is 2.41. The number of benzene rings is 2. The normalized spacial score (nSPS) is 11.8. The fourth-order valence-corrected chi connectivity index (χ4v) is 3.08. The Hall–Kier alpha value is -3.17. The number of nitrogens with one attached hydrogen (secondary N) is 1. The third-order valence-electron chi connectivity index (χ3n) is 4.60. The van der Waals surface area contributed by atoms with Gasteiger partial charge in [0, 0.05) is 24.1 Å². The number of rotatable bonds is 8. The van der Waals surface area contributed by atoms with Crippen molar-refractivity contribution < 1.29 is 27.1 Å². The fourth-order valence-electron chi connectivity index (χ4n) is 2.87. The lowest BCUT2D eigenvalue weighted by atomic mass is 9.99. The number of anilines is 1. The molecule has 0 radical (unpaired) electrons. The summed E-state index contributed by atoms with van der Waals surface area (Å²) < 4.78 is 63.2. The zero-order chi connectivity index (χ0) is 23.3. The van der Waals surface area contributed by atoms with Gasteiger partial charge in [0.1, 0.15) is 34.7 Å². The molecule has 0 aliphatic carbocycles. The molecular formula is C22H18ClF4N3O2. The van der Waals surface area contributed by atoms with Gasteiger partial charge in [-0.15, -0.1) is 11.6 Å². The molecule has 1 aromatic heterocycles. The largest absolute Gasteiger partial charge is 0.491 e. The minimum absolute atomic E-state index is 0.102. The number of halogens is 5. The second-order valence-corrected chi connectivity index (χ2v) is 7.08. The number of pyridine rings is 1. The Kier molecular flexibility index (Phi) is 7.66. The van der Waals surface area contributed by atoms with Crippen LogP contribution < -0.4 is 15.8 Å². The zero-order valence-electron chi connectivity index (χ0n) is 16.5. The molecule has 0 aliphatic rings. The monoisotopic (exact) mass is 467 g/mol. The van der Waals surface area contributed by atoms with Crippen LogP contribution in [0.2, 0.25) is 0 Å². The molecule has 3 N–H and O–H groups in total. The van der Waals surface area contributed by atoms with Gasteiger partial charge in [0.15, 0.2) is 0 Å². The predicted octanol–water partition coefficient (Wildman–Crippen LogP) is 4.75. The van der Waals surface area contributed by atoms with Gasteiger partial charge in [-0.1, -0.05) is 6.07 Å². The number of alkyl halides is 1. The molecule has 1 atom stereocenters. The van der Waals surface area contributed by atoms with Crippen LogP contribution in [0, 0.1) is 29.2 Å². The summed E-state index contributed by atoms with van der Waals surface area (Å²) in [6, 6.07) is 5.88. The number of ether oxygens (including phenoxy) is 1. The first-order valence-electron chi connectivity index (χ1n) is 9.43. The Morgan fingerprint density at radius 1 is 1.06 bits per heavy atom. The van der Waals surface area contributed by atoms with Crippen molar-refractivity contribution in [1.82, 2.24) is 4.98 Å². The van der Waals surface area contributed by atoms with Gasteiger partial charge in [-0.2, -0.15) is 0 Å². The third-order valence-corrected chi connectivity index (χ3v) is 5.04. The summed E-state index contributed by atoms with van der Waals surface area (Å²) in [6.45, 7) is 0.445. The maximum Gasteiger partial charge on any atom is 0.258 e. The van der Waals surface area contributed by atoms with E-state index in [1.54, 1.807) is 0 Å². The Balaban J connectivity index is 1.92. The van der Waals surface area contributed by atoms with Crippen LogP contribution >= 0.6 is 11.6 Å². The van der Waals surface area contributed by atoms with Crippen LogP contribution in [0.15, 0.2) is 48.8 Å². The molecule has 3 aromatic rings. The summed E-state index contributed by atoms with van der Waals surface area (Å²) >= 11 is 5.79. The molecule has 2 aromatic carbocycles. The van der Waals surface area contributed by atoms with Gasteiger partial charge in [0.05, 0.1) is 29.5 Å². The van der Waals surface area contributed by atoms with Crippen molar-refractivity contribution in [3.8, 4) is 16.9 Å². The summed E-state index contributed by atoms with van der Waals surface area (Å²) in [6.07, 6.45) is 2.69. The van der Waals surface area contributed by atoms with Crippen molar-refractivity contribution in [3.05, 3.63) is 77.6 Å². The number of amides is 1. The van der Waals surface area contributed by atoms with E-state index in [4.69, 9.17) is 22.1 Å². The van der Waals surface area contributed by atoms with E-state index in [0.717, 1.165) is 30.3 Å². The van der Waals surface area contributed by atoms with Gasteiger partial charge < -0.3 is 15.8 Å². The Morgan fingerprint density at radius 2 is 1.75 bits per heavy atom. The molecule has 0 bridgehead atoms. The van der Waals surface area contributed by atoms with E-state index >= 15 is 4.39 Å². The molecule has 1 unspecified atom stereocenters. The van der Waals surface area contributed by atoms with E-state index in [2.05, 4.69) is 10.3 Å². The summed E-state index contributed by atoms with van der Waals surface area (Å²) in [5.74, 6) is -5.62.